The van der Waals surface area contributed by atoms with Gasteiger partial charge in [0.2, 0.25) is 10.0 Å². The molecule has 0 atom stereocenters. The number of amides is 1. The molecule has 3 aromatic rings. The summed E-state index contributed by atoms with van der Waals surface area (Å²) >= 11 is 0. The van der Waals surface area contributed by atoms with Crippen molar-refractivity contribution >= 4 is 26.8 Å². The van der Waals surface area contributed by atoms with Crippen molar-refractivity contribution in [3.8, 4) is 0 Å². The number of fused-ring (bicyclic) bond motifs is 1. The van der Waals surface area contributed by atoms with Crippen LogP contribution in [0.4, 0.5) is 0 Å². The summed E-state index contributed by atoms with van der Waals surface area (Å²) in [6.07, 6.45) is 0. The molecule has 2 heterocycles. The van der Waals surface area contributed by atoms with Crippen molar-refractivity contribution in [2.75, 3.05) is 40.3 Å². The average Bonchev–Trinajstić information content (AvgIpc) is 3.18. The minimum Gasteiger partial charge on any atom is -0.335 e. The molecule has 1 fully saturated rings. The van der Waals surface area contributed by atoms with Crippen LogP contribution in [0.2, 0.25) is 0 Å². The number of nitrogens with one attached hydrogen (secondary N) is 1. The van der Waals surface area contributed by atoms with Crippen LogP contribution < -0.4 is 0 Å². The highest BCUT2D eigenvalue weighted by molar-refractivity contribution is 7.89. The Bertz CT molecular complexity index is 1160. The van der Waals surface area contributed by atoms with E-state index in [2.05, 4.69) is 15.1 Å². The number of hydrogen-bond acceptors (Lipinski definition) is 5. The second-order valence-electron chi connectivity index (χ2n) is 7.62. The van der Waals surface area contributed by atoms with E-state index in [4.69, 9.17) is 0 Å². The third kappa shape index (κ3) is 3.96. The smallest absolute Gasteiger partial charge is 0.275 e. The number of nitrogens with zero attached hydrogens (tertiary/aromatic N) is 4. The molecule has 1 aromatic heterocycles. The van der Waals surface area contributed by atoms with Crippen molar-refractivity contribution in [3.05, 3.63) is 59.8 Å². The van der Waals surface area contributed by atoms with Gasteiger partial charge in [0.05, 0.1) is 10.4 Å². The quantitative estimate of drug-likeness (QED) is 0.670. The summed E-state index contributed by atoms with van der Waals surface area (Å²) < 4.78 is 25.9. The van der Waals surface area contributed by atoms with Crippen LogP contribution in [0.5, 0.6) is 0 Å². The number of para-hydroxylation sites is 1. The number of sulfonamides is 1. The molecule has 1 aliphatic rings. The number of H-pyrrole nitrogens is 1. The van der Waals surface area contributed by atoms with Gasteiger partial charge in [0.15, 0.2) is 5.69 Å². The van der Waals surface area contributed by atoms with E-state index in [0.29, 0.717) is 30.2 Å². The summed E-state index contributed by atoms with van der Waals surface area (Å²) in [5.74, 6) is -0.0637. The monoisotopic (exact) mass is 427 g/mol. The average molecular weight is 428 g/mol. The standard InChI is InChI=1S/C21H25N5O3S/c1-24(2)30(28,29)17-7-5-6-16(14-17)15-25-10-12-26(13-11-25)21(27)20-18-8-3-4-9-19(18)22-23-20/h3-9,14H,10-13,15H2,1-2H3,(H,22,23). The lowest BCUT2D eigenvalue weighted by atomic mass is 10.1. The molecule has 8 nitrogen and oxygen atoms in total. The summed E-state index contributed by atoms with van der Waals surface area (Å²) in [5.41, 5.74) is 2.25. The molecule has 0 unspecified atom stereocenters. The number of aromatic amines is 1. The zero-order valence-corrected chi connectivity index (χ0v) is 17.9. The molecule has 1 amide bonds. The Hall–Kier alpha value is -2.75. The molecule has 0 saturated carbocycles. The molecular formula is C21H25N5O3S. The van der Waals surface area contributed by atoms with Gasteiger partial charge in [0.25, 0.3) is 5.91 Å². The predicted molar refractivity (Wildman–Crippen MR) is 115 cm³/mol. The number of aromatic nitrogens is 2. The molecule has 2 aromatic carbocycles. The Labute approximate surface area is 176 Å². The Morgan fingerprint density at radius 2 is 1.80 bits per heavy atom. The zero-order valence-electron chi connectivity index (χ0n) is 17.1. The zero-order chi connectivity index (χ0) is 21.3. The predicted octanol–water partition coefficient (Wildman–Crippen LogP) is 1.77. The Balaban J connectivity index is 1.40. The van der Waals surface area contributed by atoms with Gasteiger partial charge >= 0.3 is 0 Å². The van der Waals surface area contributed by atoms with Crippen LogP contribution in [-0.2, 0) is 16.6 Å². The third-order valence-electron chi connectivity index (χ3n) is 5.42. The highest BCUT2D eigenvalue weighted by Crippen LogP contribution is 2.19. The molecule has 0 spiro atoms. The summed E-state index contributed by atoms with van der Waals surface area (Å²) in [5, 5.41) is 7.96. The van der Waals surface area contributed by atoms with E-state index in [9.17, 15) is 13.2 Å². The molecular weight excluding hydrogens is 402 g/mol. The fourth-order valence-electron chi connectivity index (χ4n) is 3.66. The van der Waals surface area contributed by atoms with E-state index >= 15 is 0 Å². The van der Waals surface area contributed by atoms with E-state index in [1.54, 1.807) is 18.2 Å². The van der Waals surface area contributed by atoms with Gasteiger partial charge in [-0.3, -0.25) is 14.8 Å². The maximum atomic E-state index is 12.9. The Kier molecular flexibility index (Phi) is 5.59. The minimum absolute atomic E-state index is 0.0637. The summed E-state index contributed by atoms with van der Waals surface area (Å²) in [7, 11) is -0.394. The van der Waals surface area contributed by atoms with Crippen LogP contribution >= 0.6 is 0 Å². The topological polar surface area (TPSA) is 89.6 Å². The van der Waals surface area contributed by atoms with Gasteiger partial charge in [-0.25, -0.2) is 12.7 Å². The number of benzene rings is 2. The number of carbonyl (C=O) groups excluding carboxylic acids is 1. The van der Waals surface area contributed by atoms with E-state index < -0.39 is 10.0 Å². The van der Waals surface area contributed by atoms with Gasteiger partial charge in [-0.1, -0.05) is 30.3 Å². The van der Waals surface area contributed by atoms with Crippen molar-refractivity contribution in [3.63, 3.8) is 0 Å². The van der Waals surface area contributed by atoms with Gasteiger partial charge in [0, 0.05) is 52.2 Å². The van der Waals surface area contributed by atoms with Gasteiger partial charge in [-0.15, -0.1) is 0 Å². The Morgan fingerprint density at radius 1 is 1.07 bits per heavy atom. The highest BCUT2D eigenvalue weighted by Gasteiger charge is 2.25. The summed E-state index contributed by atoms with van der Waals surface area (Å²) in [6, 6.07) is 14.7. The normalized spacial score (nSPS) is 15.8. The van der Waals surface area contributed by atoms with Crippen LogP contribution in [0.25, 0.3) is 10.9 Å². The van der Waals surface area contributed by atoms with Crippen LogP contribution in [-0.4, -0.2) is 78.9 Å². The van der Waals surface area contributed by atoms with E-state index in [-0.39, 0.29) is 5.91 Å². The molecule has 9 heteroatoms. The van der Waals surface area contributed by atoms with Crippen molar-refractivity contribution in [1.29, 1.82) is 0 Å². The lowest BCUT2D eigenvalue weighted by molar-refractivity contribution is 0.0624. The van der Waals surface area contributed by atoms with Gasteiger partial charge < -0.3 is 4.90 Å². The highest BCUT2D eigenvalue weighted by atomic mass is 32.2. The van der Waals surface area contributed by atoms with Crippen molar-refractivity contribution in [2.24, 2.45) is 0 Å². The number of piperazine rings is 1. The van der Waals surface area contributed by atoms with E-state index in [1.807, 2.05) is 35.2 Å². The van der Waals surface area contributed by atoms with Crippen LogP contribution in [0.3, 0.4) is 0 Å². The van der Waals surface area contributed by atoms with Crippen molar-refractivity contribution in [1.82, 2.24) is 24.3 Å². The maximum Gasteiger partial charge on any atom is 0.275 e. The molecule has 0 radical (unpaired) electrons. The van der Waals surface area contributed by atoms with Gasteiger partial charge in [0.1, 0.15) is 0 Å². The van der Waals surface area contributed by atoms with Crippen LogP contribution in [0, 0.1) is 0 Å². The van der Waals surface area contributed by atoms with Crippen molar-refractivity contribution in [2.45, 2.75) is 11.4 Å². The Morgan fingerprint density at radius 3 is 2.53 bits per heavy atom. The first-order chi connectivity index (χ1) is 14.4. The molecule has 1 saturated heterocycles. The molecule has 1 aliphatic heterocycles. The second kappa shape index (κ2) is 8.17. The SMILES string of the molecule is CN(C)S(=O)(=O)c1cccc(CN2CCN(C(=O)c3n[nH]c4ccccc34)CC2)c1. The van der Waals surface area contributed by atoms with E-state index in [0.717, 1.165) is 29.6 Å². The lowest BCUT2D eigenvalue weighted by Gasteiger charge is -2.34. The van der Waals surface area contributed by atoms with Crippen LogP contribution in [0.15, 0.2) is 53.4 Å². The van der Waals surface area contributed by atoms with Crippen molar-refractivity contribution < 1.29 is 13.2 Å². The van der Waals surface area contributed by atoms with Gasteiger partial charge in [-0.2, -0.15) is 5.10 Å². The molecule has 158 valence electrons. The maximum absolute atomic E-state index is 12.9. The first-order valence-corrected chi connectivity index (χ1v) is 11.3. The first kappa shape index (κ1) is 20.5. The largest absolute Gasteiger partial charge is 0.335 e. The summed E-state index contributed by atoms with van der Waals surface area (Å²) in [4.78, 5) is 17.3. The van der Waals surface area contributed by atoms with E-state index in [1.165, 1.54) is 18.4 Å². The fraction of sp³-hybridized carbons (Fsp3) is 0.333. The molecule has 30 heavy (non-hydrogen) atoms. The summed E-state index contributed by atoms with van der Waals surface area (Å²) in [6.45, 7) is 3.30. The van der Waals surface area contributed by atoms with Crippen LogP contribution in [0.1, 0.15) is 16.1 Å². The second-order valence-corrected chi connectivity index (χ2v) is 9.77. The number of rotatable bonds is 5. The number of hydrogen-bond donors (Lipinski definition) is 1. The lowest BCUT2D eigenvalue weighted by Crippen LogP contribution is -2.48. The molecule has 4 rings (SSSR count). The van der Waals surface area contributed by atoms with Gasteiger partial charge in [-0.05, 0) is 23.8 Å². The number of carbonyl (C=O) groups is 1. The minimum atomic E-state index is -3.45. The fourth-order valence-corrected chi connectivity index (χ4v) is 4.63. The molecule has 0 bridgehead atoms. The molecule has 1 N–H and O–H groups in total. The third-order valence-corrected chi connectivity index (χ3v) is 7.23. The molecule has 0 aliphatic carbocycles. The first-order valence-electron chi connectivity index (χ1n) is 9.82.